The number of halogens is 2. The van der Waals surface area contributed by atoms with Gasteiger partial charge in [-0.15, -0.1) is 0 Å². The van der Waals surface area contributed by atoms with Crippen LogP contribution in [0.2, 0.25) is 0 Å². The first-order chi connectivity index (χ1) is 16.2. The molecule has 0 bridgehead atoms. The van der Waals surface area contributed by atoms with Crippen molar-refractivity contribution in [3.8, 4) is 0 Å². The molecule has 0 saturated heterocycles. The molecule has 0 unspecified atom stereocenters. The van der Waals surface area contributed by atoms with Gasteiger partial charge in [0.2, 0.25) is 0 Å². The van der Waals surface area contributed by atoms with Crippen molar-refractivity contribution < 1.29 is 18.5 Å². The lowest BCUT2D eigenvalue weighted by Crippen LogP contribution is -2.33. The third-order valence-corrected chi connectivity index (χ3v) is 6.09. The predicted molar refractivity (Wildman–Crippen MR) is 126 cm³/mol. The van der Waals surface area contributed by atoms with Gasteiger partial charge in [-0.1, -0.05) is 11.3 Å². The van der Waals surface area contributed by atoms with Gasteiger partial charge < -0.3 is 0 Å². The fraction of sp³-hybridized carbons (Fsp3) is 0.174. The highest BCUT2D eigenvalue weighted by Crippen LogP contribution is 2.31. The molecule has 2 aromatic carbocycles. The number of amides is 1. The second-order valence-corrected chi connectivity index (χ2v) is 8.56. The standard InChI is InChI=1S/C23H19F2N5O3S/c1-14-11-15(2)29(27-14)10-9-28(23-26-22-19(25)12-17(24)13-20(22)34-23)21(31)8-5-16-3-6-18(7-4-16)30(32)33/h3-8,11-13H,9-10H2,1-2H3/b8-5+. The van der Waals surface area contributed by atoms with Crippen LogP contribution in [0.15, 0.2) is 48.5 Å². The lowest BCUT2D eigenvalue weighted by Gasteiger charge is -2.18. The van der Waals surface area contributed by atoms with Crippen molar-refractivity contribution >= 4 is 44.4 Å². The molecule has 0 saturated carbocycles. The first-order valence-electron chi connectivity index (χ1n) is 10.2. The number of aryl methyl sites for hydroxylation is 2. The van der Waals surface area contributed by atoms with E-state index in [0.717, 1.165) is 28.8 Å². The number of benzene rings is 2. The number of rotatable bonds is 7. The fourth-order valence-corrected chi connectivity index (χ4v) is 4.46. The monoisotopic (exact) mass is 483 g/mol. The summed E-state index contributed by atoms with van der Waals surface area (Å²) < 4.78 is 29.9. The molecule has 0 aliphatic carbocycles. The zero-order chi connectivity index (χ0) is 24.4. The number of hydrogen-bond donors (Lipinski definition) is 0. The average molecular weight is 484 g/mol. The molecule has 2 aromatic heterocycles. The number of hydrogen-bond acceptors (Lipinski definition) is 6. The van der Waals surface area contributed by atoms with E-state index < -0.39 is 22.5 Å². The van der Waals surface area contributed by atoms with Gasteiger partial charge in [-0.25, -0.2) is 13.8 Å². The first kappa shape index (κ1) is 23.2. The highest BCUT2D eigenvalue weighted by molar-refractivity contribution is 7.22. The van der Waals surface area contributed by atoms with Gasteiger partial charge in [-0.3, -0.25) is 24.5 Å². The van der Waals surface area contributed by atoms with Crippen LogP contribution in [0, 0.1) is 35.6 Å². The summed E-state index contributed by atoms with van der Waals surface area (Å²) in [7, 11) is 0. The van der Waals surface area contributed by atoms with E-state index in [2.05, 4.69) is 10.1 Å². The quantitative estimate of drug-likeness (QED) is 0.208. The van der Waals surface area contributed by atoms with Gasteiger partial charge in [-0.05, 0) is 49.8 Å². The Hall–Kier alpha value is -3.99. The van der Waals surface area contributed by atoms with Crippen LogP contribution in [0.25, 0.3) is 16.3 Å². The van der Waals surface area contributed by atoms with E-state index in [-0.39, 0.29) is 27.6 Å². The maximum Gasteiger partial charge on any atom is 0.269 e. The maximum atomic E-state index is 14.2. The summed E-state index contributed by atoms with van der Waals surface area (Å²) in [5.74, 6) is -1.96. The molecule has 4 rings (SSSR count). The van der Waals surface area contributed by atoms with Crippen LogP contribution >= 0.6 is 11.3 Å². The SMILES string of the molecule is Cc1cc(C)n(CCN(C(=O)/C=C/c2ccc([N+](=O)[O-])cc2)c2nc3c(F)cc(F)cc3s2)n1. The first-order valence-corrected chi connectivity index (χ1v) is 11.0. The number of thiazole rings is 1. The third-order valence-electron chi connectivity index (χ3n) is 5.06. The topological polar surface area (TPSA) is 94.2 Å². The number of non-ortho nitro benzene ring substituents is 1. The van der Waals surface area contributed by atoms with Crippen LogP contribution in [0.4, 0.5) is 19.6 Å². The minimum absolute atomic E-state index is 0.00957. The Morgan fingerprint density at radius 1 is 1.21 bits per heavy atom. The molecule has 8 nitrogen and oxygen atoms in total. The normalized spacial score (nSPS) is 11.4. The molecular formula is C23H19F2N5O3S. The fourth-order valence-electron chi connectivity index (χ4n) is 3.42. The van der Waals surface area contributed by atoms with Crippen molar-refractivity contribution in [2.75, 3.05) is 11.4 Å². The smallest absolute Gasteiger partial charge is 0.269 e. The summed E-state index contributed by atoms with van der Waals surface area (Å²) in [6, 6.07) is 9.58. The highest BCUT2D eigenvalue weighted by Gasteiger charge is 2.20. The van der Waals surface area contributed by atoms with E-state index in [4.69, 9.17) is 0 Å². The van der Waals surface area contributed by atoms with Crippen LogP contribution in [0.1, 0.15) is 17.0 Å². The van der Waals surface area contributed by atoms with Gasteiger partial charge in [0.15, 0.2) is 10.9 Å². The van der Waals surface area contributed by atoms with Crippen molar-refractivity contribution in [3.63, 3.8) is 0 Å². The predicted octanol–water partition coefficient (Wildman–Crippen LogP) is 5.04. The Morgan fingerprint density at radius 2 is 1.94 bits per heavy atom. The highest BCUT2D eigenvalue weighted by atomic mass is 32.1. The largest absolute Gasteiger partial charge is 0.283 e. The van der Waals surface area contributed by atoms with Crippen LogP contribution in [0.5, 0.6) is 0 Å². The number of aromatic nitrogens is 3. The van der Waals surface area contributed by atoms with E-state index in [1.165, 1.54) is 47.4 Å². The van der Waals surface area contributed by atoms with E-state index in [9.17, 15) is 23.7 Å². The number of nitro benzene ring substituents is 1. The number of fused-ring (bicyclic) bond motifs is 1. The molecule has 2 heterocycles. The van der Waals surface area contributed by atoms with E-state index in [0.29, 0.717) is 12.1 Å². The molecule has 1 amide bonds. The Bertz CT molecular complexity index is 1410. The molecule has 4 aromatic rings. The summed E-state index contributed by atoms with van der Waals surface area (Å²) in [4.78, 5) is 29.1. The number of nitrogens with zero attached hydrogens (tertiary/aromatic N) is 5. The Kier molecular flexibility index (Phi) is 6.46. The average Bonchev–Trinajstić information content (AvgIpc) is 3.35. The Balaban J connectivity index is 1.63. The minimum atomic E-state index is -0.801. The van der Waals surface area contributed by atoms with Crippen LogP contribution in [-0.4, -0.2) is 32.1 Å². The van der Waals surface area contributed by atoms with Gasteiger partial charge in [0.25, 0.3) is 11.6 Å². The minimum Gasteiger partial charge on any atom is -0.283 e. The summed E-state index contributed by atoms with van der Waals surface area (Å²) in [5.41, 5.74) is 2.29. The molecule has 0 N–H and O–H groups in total. The molecule has 0 aliphatic rings. The molecule has 0 spiro atoms. The Morgan fingerprint density at radius 3 is 2.59 bits per heavy atom. The van der Waals surface area contributed by atoms with Crippen LogP contribution < -0.4 is 4.90 Å². The second-order valence-electron chi connectivity index (χ2n) is 7.55. The van der Waals surface area contributed by atoms with Gasteiger partial charge in [0.05, 0.1) is 21.9 Å². The van der Waals surface area contributed by atoms with Crippen molar-refractivity contribution in [1.29, 1.82) is 0 Å². The Labute approximate surface area is 196 Å². The van der Waals surface area contributed by atoms with E-state index in [1.54, 1.807) is 4.68 Å². The molecule has 0 radical (unpaired) electrons. The van der Waals surface area contributed by atoms with Gasteiger partial charge in [0, 0.05) is 36.5 Å². The molecule has 0 fully saturated rings. The van der Waals surface area contributed by atoms with Crippen molar-refractivity contribution in [2.24, 2.45) is 0 Å². The van der Waals surface area contributed by atoms with Gasteiger partial charge >= 0.3 is 0 Å². The second kappa shape index (κ2) is 9.48. The summed E-state index contributed by atoms with van der Waals surface area (Å²) >= 11 is 1.01. The zero-order valence-corrected chi connectivity index (χ0v) is 19.1. The molecule has 34 heavy (non-hydrogen) atoms. The van der Waals surface area contributed by atoms with Gasteiger partial charge in [0.1, 0.15) is 11.3 Å². The van der Waals surface area contributed by atoms with E-state index in [1.807, 2.05) is 19.9 Å². The molecule has 174 valence electrons. The number of nitro groups is 1. The zero-order valence-electron chi connectivity index (χ0n) is 18.2. The number of carbonyl (C=O) groups is 1. The lowest BCUT2D eigenvalue weighted by molar-refractivity contribution is -0.384. The molecular weight excluding hydrogens is 464 g/mol. The number of anilines is 1. The summed E-state index contributed by atoms with van der Waals surface area (Å²) in [5, 5.41) is 15.4. The van der Waals surface area contributed by atoms with E-state index >= 15 is 0 Å². The maximum absolute atomic E-state index is 14.2. The third kappa shape index (κ3) is 4.99. The van der Waals surface area contributed by atoms with Crippen LogP contribution in [-0.2, 0) is 11.3 Å². The molecule has 0 aliphatic heterocycles. The van der Waals surface area contributed by atoms with Crippen molar-refractivity contribution in [3.05, 3.63) is 87.2 Å². The molecule has 11 heteroatoms. The lowest BCUT2D eigenvalue weighted by atomic mass is 10.2. The van der Waals surface area contributed by atoms with Gasteiger partial charge in [-0.2, -0.15) is 5.10 Å². The summed E-state index contributed by atoms with van der Waals surface area (Å²) in [6.45, 7) is 4.32. The summed E-state index contributed by atoms with van der Waals surface area (Å²) in [6.07, 6.45) is 2.83. The van der Waals surface area contributed by atoms with Crippen molar-refractivity contribution in [2.45, 2.75) is 20.4 Å². The molecule has 0 atom stereocenters. The van der Waals surface area contributed by atoms with Crippen molar-refractivity contribution in [1.82, 2.24) is 14.8 Å². The number of carbonyl (C=O) groups excluding carboxylic acids is 1. The van der Waals surface area contributed by atoms with Crippen LogP contribution in [0.3, 0.4) is 0 Å².